The Labute approximate surface area is 98.0 Å². The molecule has 6 heteroatoms. The number of nitrogens with zero attached hydrogens (tertiary/aromatic N) is 2. The summed E-state index contributed by atoms with van der Waals surface area (Å²) in [4.78, 5) is 3.52. The van der Waals surface area contributed by atoms with Crippen molar-refractivity contribution in [3.8, 4) is 6.07 Å². The first-order valence-corrected chi connectivity index (χ1v) is 5.15. The van der Waals surface area contributed by atoms with Crippen LogP contribution in [0.25, 0.3) is 0 Å². The zero-order chi connectivity index (χ0) is 10.7. The Bertz CT molecular complexity index is 390. The van der Waals surface area contributed by atoms with Gasteiger partial charge in [0, 0.05) is 5.88 Å². The van der Waals surface area contributed by atoms with Gasteiger partial charge in [0.25, 0.3) is 6.43 Å². The highest BCUT2D eigenvalue weighted by atomic mass is 127. The molecule has 0 N–H and O–H groups in total. The standard InChI is InChI=1S/C8H4ClF2IN2/c9-2-4-1-5(8(10)11)14-6(3-13)7(4)12/h1,8H,2H2. The van der Waals surface area contributed by atoms with Crippen molar-refractivity contribution < 1.29 is 8.78 Å². The fourth-order valence-corrected chi connectivity index (χ4v) is 1.91. The first-order valence-electron chi connectivity index (χ1n) is 3.53. The molecule has 0 amide bonds. The lowest BCUT2D eigenvalue weighted by atomic mass is 10.2. The number of hydrogen-bond donors (Lipinski definition) is 0. The van der Waals surface area contributed by atoms with E-state index in [2.05, 4.69) is 4.98 Å². The predicted molar refractivity (Wildman–Crippen MR) is 56.2 cm³/mol. The summed E-state index contributed by atoms with van der Waals surface area (Å²) in [5.41, 5.74) is 0.103. The molecule has 74 valence electrons. The number of alkyl halides is 3. The van der Waals surface area contributed by atoms with Crippen molar-refractivity contribution in [2.75, 3.05) is 0 Å². The monoisotopic (exact) mass is 328 g/mol. The van der Waals surface area contributed by atoms with Crippen LogP contribution in [-0.2, 0) is 5.88 Å². The summed E-state index contributed by atoms with van der Waals surface area (Å²) in [5.74, 6) is 0.0925. The molecule has 14 heavy (non-hydrogen) atoms. The second-order valence-corrected chi connectivity index (χ2v) is 3.76. The van der Waals surface area contributed by atoms with Crippen molar-refractivity contribution in [1.29, 1.82) is 5.26 Å². The van der Waals surface area contributed by atoms with Gasteiger partial charge in [-0.2, -0.15) is 5.26 Å². The topological polar surface area (TPSA) is 36.7 Å². The Morgan fingerprint density at radius 3 is 2.71 bits per heavy atom. The molecule has 0 unspecified atom stereocenters. The molecule has 1 aromatic heterocycles. The van der Waals surface area contributed by atoms with Crippen LogP contribution in [0.1, 0.15) is 23.4 Å². The van der Waals surface area contributed by atoms with E-state index in [4.69, 9.17) is 16.9 Å². The third-order valence-corrected chi connectivity index (χ3v) is 3.02. The van der Waals surface area contributed by atoms with E-state index >= 15 is 0 Å². The number of pyridine rings is 1. The summed E-state index contributed by atoms with van der Waals surface area (Å²) in [6.07, 6.45) is -2.68. The van der Waals surface area contributed by atoms with Crippen LogP contribution in [0.3, 0.4) is 0 Å². The van der Waals surface area contributed by atoms with Gasteiger partial charge in [-0.05, 0) is 34.2 Å². The Hall–Kier alpha value is -0.480. The highest BCUT2D eigenvalue weighted by molar-refractivity contribution is 14.1. The van der Waals surface area contributed by atoms with Crippen molar-refractivity contribution in [3.63, 3.8) is 0 Å². The summed E-state index contributed by atoms with van der Waals surface area (Å²) in [6, 6.07) is 2.98. The van der Waals surface area contributed by atoms with Gasteiger partial charge in [0.2, 0.25) is 0 Å². The summed E-state index contributed by atoms with van der Waals surface area (Å²) in [6.45, 7) is 0. The lowest BCUT2D eigenvalue weighted by Crippen LogP contribution is -2.00. The van der Waals surface area contributed by atoms with Crippen LogP contribution in [-0.4, -0.2) is 4.98 Å². The SMILES string of the molecule is N#Cc1nc(C(F)F)cc(CCl)c1I. The van der Waals surface area contributed by atoms with Crippen molar-refractivity contribution >= 4 is 34.2 Å². The first kappa shape index (κ1) is 11.6. The Morgan fingerprint density at radius 1 is 1.64 bits per heavy atom. The minimum atomic E-state index is -2.68. The van der Waals surface area contributed by atoms with Gasteiger partial charge in [0.1, 0.15) is 11.8 Å². The van der Waals surface area contributed by atoms with Crippen LogP contribution in [0.2, 0.25) is 0 Å². The number of aromatic nitrogens is 1. The zero-order valence-corrected chi connectivity index (χ0v) is 9.68. The van der Waals surface area contributed by atoms with E-state index < -0.39 is 12.1 Å². The molecule has 0 radical (unpaired) electrons. The molecule has 0 aliphatic heterocycles. The molecule has 2 nitrogen and oxygen atoms in total. The normalized spacial score (nSPS) is 10.3. The molecule has 0 aliphatic rings. The Morgan fingerprint density at radius 2 is 2.29 bits per heavy atom. The van der Waals surface area contributed by atoms with Gasteiger partial charge in [-0.1, -0.05) is 0 Å². The maximum absolute atomic E-state index is 12.3. The van der Waals surface area contributed by atoms with E-state index in [-0.39, 0.29) is 11.6 Å². The number of halogens is 4. The molecule has 0 spiro atoms. The smallest absolute Gasteiger partial charge is 0.235 e. The van der Waals surface area contributed by atoms with Gasteiger partial charge >= 0.3 is 0 Å². The van der Waals surface area contributed by atoms with Crippen LogP contribution in [0, 0.1) is 14.9 Å². The maximum atomic E-state index is 12.3. The summed E-state index contributed by atoms with van der Waals surface area (Å²) in [5, 5.41) is 8.64. The van der Waals surface area contributed by atoms with Gasteiger partial charge in [-0.15, -0.1) is 11.6 Å². The molecule has 0 saturated heterocycles. The molecule has 1 heterocycles. The van der Waals surface area contributed by atoms with Crippen LogP contribution in [0.5, 0.6) is 0 Å². The van der Waals surface area contributed by atoms with Crippen molar-refractivity contribution in [1.82, 2.24) is 4.98 Å². The van der Waals surface area contributed by atoms with E-state index in [1.54, 1.807) is 6.07 Å². The van der Waals surface area contributed by atoms with Crippen molar-refractivity contribution in [2.24, 2.45) is 0 Å². The molecule has 0 atom stereocenters. The molecule has 0 bridgehead atoms. The van der Waals surface area contributed by atoms with Crippen LogP contribution < -0.4 is 0 Å². The Kier molecular flexibility index (Phi) is 4.01. The van der Waals surface area contributed by atoms with E-state index in [9.17, 15) is 8.78 Å². The second-order valence-electron chi connectivity index (χ2n) is 2.41. The third-order valence-electron chi connectivity index (χ3n) is 1.53. The van der Waals surface area contributed by atoms with Gasteiger partial charge in [0.05, 0.1) is 3.57 Å². The van der Waals surface area contributed by atoms with Crippen LogP contribution in [0.4, 0.5) is 8.78 Å². The minimum Gasteiger partial charge on any atom is -0.235 e. The molecule has 0 aromatic carbocycles. The highest BCUT2D eigenvalue weighted by Crippen LogP contribution is 2.24. The van der Waals surface area contributed by atoms with Gasteiger partial charge < -0.3 is 0 Å². The van der Waals surface area contributed by atoms with Crippen molar-refractivity contribution in [2.45, 2.75) is 12.3 Å². The van der Waals surface area contributed by atoms with Gasteiger partial charge in [-0.25, -0.2) is 13.8 Å². The fraction of sp³-hybridized carbons (Fsp3) is 0.250. The fourth-order valence-electron chi connectivity index (χ4n) is 0.888. The lowest BCUT2D eigenvalue weighted by Gasteiger charge is -2.05. The zero-order valence-electron chi connectivity index (χ0n) is 6.77. The minimum absolute atomic E-state index is 0.000880. The summed E-state index contributed by atoms with van der Waals surface area (Å²) < 4.78 is 25.2. The van der Waals surface area contributed by atoms with Gasteiger partial charge in [-0.3, -0.25) is 0 Å². The molecule has 0 aliphatic carbocycles. The molecular weight excluding hydrogens is 324 g/mol. The molecule has 0 fully saturated rings. The van der Waals surface area contributed by atoms with E-state index in [0.717, 1.165) is 0 Å². The van der Waals surface area contributed by atoms with Crippen LogP contribution in [0.15, 0.2) is 6.07 Å². The number of rotatable bonds is 2. The number of hydrogen-bond acceptors (Lipinski definition) is 2. The van der Waals surface area contributed by atoms with Crippen LogP contribution >= 0.6 is 34.2 Å². The first-order chi connectivity index (χ1) is 6.60. The quantitative estimate of drug-likeness (QED) is 0.617. The predicted octanol–water partition coefficient (Wildman–Crippen LogP) is 3.23. The van der Waals surface area contributed by atoms with Crippen molar-refractivity contribution in [3.05, 3.63) is 26.6 Å². The van der Waals surface area contributed by atoms with E-state index in [0.29, 0.717) is 9.13 Å². The van der Waals surface area contributed by atoms with E-state index in [1.165, 1.54) is 6.07 Å². The lowest BCUT2D eigenvalue weighted by molar-refractivity contribution is 0.146. The average Bonchev–Trinajstić information content (AvgIpc) is 2.17. The largest absolute Gasteiger partial charge is 0.280 e. The average molecular weight is 328 g/mol. The van der Waals surface area contributed by atoms with Gasteiger partial charge in [0.15, 0.2) is 5.69 Å². The maximum Gasteiger partial charge on any atom is 0.280 e. The second kappa shape index (κ2) is 4.84. The molecule has 1 rings (SSSR count). The summed E-state index contributed by atoms with van der Waals surface area (Å²) in [7, 11) is 0. The molecule has 1 aromatic rings. The summed E-state index contributed by atoms with van der Waals surface area (Å²) >= 11 is 7.42. The Balaban J connectivity index is 3.34. The third kappa shape index (κ3) is 2.30. The van der Waals surface area contributed by atoms with E-state index in [1.807, 2.05) is 22.6 Å². The molecular formula is C8H4ClF2IN2. The number of nitriles is 1. The molecule has 0 saturated carbocycles. The highest BCUT2D eigenvalue weighted by Gasteiger charge is 2.15.